The van der Waals surface area contributed by atoms with Crippen LogP contribution in [0.1, 0.15) is 41.5 Å². The largest absolute Gasteiger partial charge is 0.444 e. The lowest BCUT2D eigenvalue weighted by Gasteiger charge is -2.27. The molecule has 0 spiro atoms. The first kappa shape index (κ1) is 15.2. The molecule has 18 heavy (non-hydrogen) atoms. The van der Waals surface area contributed by atoms with Gasteiger partial charge in [-0.05, 0) is 41.5 Å². The van der Waals surface area contributed by atoms with E-state index in [1.54, 1.807) is 4.90 Å². The normalized spacial score (nSPS) is 25.4. The molecule has 2 atom stereocenters. The molecule has 106 valence electrons. The summed E-state index contributed by atoms with van der Waals surface area (Å²) in [5.41, 5.74) is -0.590. The Labute approximate surface area is 109 Å². The van der Waals surface area contributed by atoms with E-state index in [0.717, 1.165) is 0 Å². The summed E-state index contributed by atoms with van der Waals surface area (Å²) >= 11 is 0. The first-order valence-electron chi connectivity index (χ1n) is 6.42. The van der Waals surface area contributed by atoms with Crippen LogP contribution in [0.15, 0.2) is 0 Å². The summed E-state index contributed by atoms with van der Waals surface area (Å²) in [6.45, 7) is 12.4. The Morgan fingerprint density at radius 3 is 2.22 bits per heavy atom. The Balaban J connectivity index is 2.56. The van der Waals surface area contributed by atoms with E-state index in [2.05, 4.69) is 5.32 Å². The highest BCUT2D eigenvalue weighted by molar-refractivity contribution is 5.68. The summed E-state index contributed by atoms with van der Waals surface area (Å²) in [5.74, 6) is 0. The van der Waals surface area contributed by atoms with Crippen LogP contribution >= 0.6 is 0 Å². The van der Waals surface area contributed by atoms with Crippen molar-refractivity contribution in [2.75, 3.05) is 13.1 Å². The van der Waals surface area contributed by atoms with E-state index >= 15 is 0 Å². The standard InChI is InChI=1S/C13H26N2O3/c1-12(2,3)14-9-7-15(8-10(9)16)11(17)18-13(4,5)6/h9-10,14,16H,7-8H2,1-6H3/t9-,10-/m1/s1. The van der Waals surface area contributed by atoms with Crippen LogP contribution in [0.25, 0.3) is 0 Å². The fourth-order valence-electron chi connectivity index (χ4n) is 1.96. The van der Waals surface area contributed by atoms with E-state index in [-0.39, 0.29) is 17.7 Å². The van der Waals surface area contributed by atoms with E-state index < -0.39 is 11.7 Å². The van der Waals surface area contributed by atoms with E-state index in [1.807, 2.05) is 41.5 Å². The van der Waals surface area contributed by atoms with Crippen molar-refractivity contribution in [2.45, 2.75) is 64.8 Å². The lowest BCUT2D eigenvalue weighted by Crippen LogP contribution is -2.49. The van der Waals surface area contributed by atoms with E-state index in [1.165, 1.54) is 0 Å². The SMILES string of the molecule is CC(C)(C)N[C@@H]1CN(C(=O)OC(C)(C)C)C[C@H]1O. The summed E-state index contributed by atoms with van der Waals surface area (Å²) in [6.07, 6.45) is -0.906. The van der Waals surface area contributed by atoms with Gasteiger partial charge in [-0.3, -0.25) is 0 Å². The van der Waals surface area contributed by atoms with Gasteiger partial charge in [0.15, 0.2) is 0 Å². The molecule has 0 aromatic rings. The Bertz CT molecular complexity index is 304. The Hall–Kier alpha value is -0.810. The third kappa shape index (κ3) is 4.82. The average molecular weight is 258 g/mol. The molecule has 5 nitrogen and oxygen atoms in total. The summed E-state index contributed by atoms with van der Waals surface area (Å²) in [4.78, 5) is 13.4. The monoisotopic (exact) mass is 258 g/mol. The van der Waals surface area contributed by atoms with Crippen LogP contribution < -0.4 is 5.32 Å². The van der Waals surface area contributed by atoms with E-state index in [0.29, 0.717) is 13.1 Å². The number of ether oxygens (including phenoxy) is 1. The number of likely N-dealkylation sites (tertiary alicyclic amines) is 1. The fraction of sp³-hybridized carbons (Fsp3) is 0.923. The molecule has 1 saturated heterocycles. The second-order valence-electron chi connectivity index (χ2n) is 6.95. The summed E-state index contributed by atoms with van der Waals surface area (Å²) in [6, 6.07) is -0.0995. The lowest BCUT2D eigenvalue weighted by atomic mass is 10.1. The molecule has 1 heterocycles. The maximum absolute atomic E-state index is 11.9. The molecule has 1 aliphatic rings. The minimum absolute atomic E-state index is 0.0877. The Morgan fingerprint density at radius 1 is 1.22 bits per heavy atom. The molecular formula is C13H26N2O3. The Kier molecular flexibility index (Phi) is 4.28. The van der Waals surface area contributed by atoms with Crippen molar-refractivity contribution in [2.24, 2.45) is 0 Å². The van der Waals surface area contributed by atoms with Crippen LogP contribution in [0, 0.1) is 0 Å². The van der Waals surface area contributed by atoms with Crippen LogP contribution in [0.4, 0.5) is 4.79 Å². The number of β-amino-alcohol motifs (C(OH)–C–C–N with tert-alkyl or cyclic N) is 1. The molecule has 1 fully saturated rings. The number of hydrogen-bond acceptors (Lipinski definition) is 4. The highest BCUT2D eigenvalue weighted by atomic mass is 16.6. The number of aliphatic hydroxyl groups is 1. The quantitative estimate of drug-likeness (QED) is 0.745. The molecule has 0 saturated carbocycles. The predicted molar refractivity (Wildman–Crippen MR) is 70.5 cm³/mol. The second-order valence-corrected chi connectivity index (χ2v) is 6.95. The second kappa shape index (κ2) is 5.05. The zero-order chi connectivity index (χ0) is 14.1. The first-order valence-corrected chi connectivity index (χ1v) is 6.42. The number of rotatable bonds is 1. The molecule has 0 unspecified atom stereocenters. The summed E-state index contributed by atoms with van der Waals surface area (Å²) in [7, 11) is 0. The zero-order valence-corrected chi connectivity index (χ0v) is 12.3. The summed E-state index contributed by atoms with van der Waals surface area (Å²) in [5, 5.41) is 13.3. The van der Waals surface area contributed by atoms with Crippen molar-refractivity contribution in [1.82, 2.24) is 10.2 Å². The van der Waals surface area contributed by atoms with Crippen molar-refractivity contribution in [3.8, 4) is 0 Å². The maximum atomic E-state index is 11.9. The average Bonchev–Trinajstić information content (AvgIpc) is 2.42. The molecule has 1 aliphatic heterocycles. The topological polar surface area (TPSA) is 61.8 Å². The van der Waals surface area contributed by atoms with Gasteiger partial charge in [0.25, 0.3) is 0 Å². The van der Waals surface area contributed by atoms with Gasteiger partial charge < -0.3 is 20.1 Å². The zero-order valence-electron chi connectivity index (χ0n) is 12.3. The number of nitrogens with zero attached hydrogens (tertiary/aromatic N) is 1. The van der Waals surface area contributed by atoms with Crippen molar-refractivity contribution >= 4 is 6.09 Å². The third-order valence-corrected chi connectivity index (χ3v) is 2.56. The molecule has 1 rings (SSSR count). The number of nitrogens with one attached hydrogen (secondary N) is 1. The molecule has 2 N–H and O–H groups in total. The summed E-state index contributed by atoms with van der Waals surface area (Å²) < 4.78 is 5.30. The predicted octanol–water partition coefficient (Wildman–Crippen LogP) is 1.35. The molecule has 5 heteroatoms. The van der Waals surface area contributed by atoms with E-state index in [9.17, 15) is 9.90 Å². The molecular weight excluding hydrogens is 232 g/mol. The molecule has 0 bridgehead atoms. The number of aliphatic hydroxyl groups excluding tert-OH is 1. The lowest BCUT2D eigenvalue weighted by molar-refractivity contribution is 0.0270. The van der Waals surface area contributed by atoms with Gasteiger partial charge in [0.05, 0.1) is 18.7 Å². The van der Waals surface area contributed by atoms with Gasteiger partial charge in [-0.15, -0.1) is 0 Å². The van der Waals surface area contributed by atoms with Crippen molar-refractivity contribution in [3.05, 3.63) is 0 Å². The molecule has 0 aliphatic carbocycles. The fourth-order valence-corrected chi connectivity index (χ4v) is 1.96. The highest BCUT2D eigenvalue weighted by Crippen LogP contribution is 2.17. The molecule has 0 aromatic heterocycles. The van der Waals surface area contributed by atoms with Gasteiger partial charge in [-0.1, -0.05) is 0 Å². The molecule has 0 aromatic carbocycles. The molecule has 0 radical (unpaired) electrons. The van der Waals surface area contributed by atoms with E-state index in [4.69, 9.17) is 4.74 Å². The van der Waals surface area contributed by atoms with Crippen LogP contribution in [0.3, 0.4) is 0 Å². The van der Waals surface area contributed by atoms with Gasteiger partial charge >= 0.3 is 6.09 Å². The Morgan fingerprint density at radius 2 is 1.78 bits per heavy atom. The van der Waals surface area contributed by atoms with Gasteiger partial charge in [-0.25, -0.2) is 4.79 Å². The van der Waals surface area contributed by atoms with Crippen LogP contribution in [0.5, 0.6) is 0 Å². The highest BCUT2D eigenvalue weighted by Gasteiger charge is 2.37. The minimum atomic E-state index is -0.545. The number of hydrogen-bond donors (Lipinski definition) is 2. The maximum Gasteiger partial charge on any atom is 0.410 e. The number of carbonyl (C=O) groups excluding carboxylic acids is 1. The van der Waals surface area contributed by atoms with Crippen LogP contribution in [-0.4, -0.2) is 52.5 Å². The first-order chi connectivity index (χ1) is 7.98. The van der Waals surface area contributed by atoms with Crippen molar-refractivity contribution in [1.29, 1.82) is 0 Å². The van der Waals surface area contributed by atoms with Crippen molar-refractivity contribution in [3.63, 3.8) is 0 Å². The number of carbonyl (C=O) groups is 1. The number of amides is 1. The van der Waals surface area contributed by atoms with Crippen LogP contribution in [-0.2, 0) is 4.74 Å². The smallest absolute Gasteiger partial charge is 0.410 e. The van der Waals surface area contributed by atoms with Gasteiger partial charge in [0.2, 0.25) is 0 Å². The van der Waals surface area contributed by atoms with Crippen molar-refractivity contribution < 1.29 is 14.6 Å². The van der Waals surface area contributed by atoms with Gasteiger partial charge in [0, 0.05) is 12.1 Å². The molecule has 1 amide bonds. The minimum Gasteiger partial charge on any atom is -0.444 e. The van der Waals surface area contributed by atoms with Crippen LogP contribution in [0.2, 0.25) is 0 Å². The third-order valence-electron chi connectivity index (χ3n) is 2.56. The van der Waals surface area contributed by atoms with Gasteiger partial charge in [0.1, 0.15) is 5.60 Å². The van der Waals surface area contributed by atoms with Gasteiger partial charge in [-0.2, -0.15) is 0 Å².